The molecule has 10 heteroatoms. The normalized spacial score (nSPS) is 15.1. The van der Waals surface area contributed by atoms with Crippen LogP contribution in [0.2, 0.25) is 0 Å². The van der Waals surface area contributed by atoms with Crippen molar-refractivity contribution < 1.29 is 23.7 Å². The maximum atomic E-state index is 13.1. The van der Waals surface area contributed by atoms with Gasteiger partial charge in [-0.1, -0.05) is 12.1 Å². The number of nitrogens with zero attached hydrogens (tertiary/aromatic N) is 2. The third-order valence-corrected chi connectivity index (χ3v) is 4.99. The van der Waals surface area contributed by atoms with Gasteiger partial charge in [0, 0.05) is 17.7 Å². The van der Waals surface area contributed by atoms with Crippen molar-refractivity contribution >= 4 is 46.6 Å². The van der Waals surface area contributed by atoms with Gasteiger partial charge in [-0.05, 0) is 54.7 Å². The Morgan fingerprint density at radius 3 is 2.50 bits per heavy atom. The summed E-state index contributed by atoms with van der Waals surface area (Å²) in [6, 6.07) is 15.8. The zero-order valence-corrected chi connectivity index (χ0v) is 17.4. The van der Waals surface area contributed by atoms with Crippen LogP contribution in [0.3, 0.4) is 0 Å². The van der Waals surface area contributed by atoms with E-state index in [1.165, 1.54) is 30.2 Å². The van der Waals surface area contributed by atoms with Crippen LogP contribution in [0, 0.1) is 10.1 Å². The van der Waals surface area contributed by atoms with Crippen LogP contribution in [0.1, 0.15) is 5.76 Å². The van der Waals surface area contributed by atoms with Crippen molar-refractivity contribution in [3.8, 4) is 17.1 Å². The van der Waals surface area contributed by atoms with Crippen LogP contribution < -0.4 is 15.0 Å². The van der Waals surface area contributed by atoms with E-state index >= 15 is 0 Å². The van der Waals surface area contributed by atoms with Crippen molar-refractivity contribution in [2.75, 3.05) is 12.0 Å². The standard InChI is InChI=1S/C22H15N3O6S/c1-30-19-5-3-2-4-17(19)24-21(27)16(20(26)23-22(24)32)12-15-10-11-18(31-15)13-6-8-14(9-7-13)25(28)29/h2-12H,1H3,(H,23,26,32)/b16-12-. The van der Waals surface area contributed by atoms with Gasteiger partial charge in [0.2, 0.25) is 0 Å². The smallest absolute Gasteiger partial charge is 0.270 e. The van der Waals surface area contributed by atoms with Gasteiger partial charge < -0.3 is 9.15 Å². The Bertz CT molecular complexity index is 1280. The molecule has 0 saturated carbocycles. The van der Waals surface area contributed by atoms with Crippen LogP contribution in [-0.4, -0.2) is 29.0 Å². The van der Waals surface area contributed by atoms with Crippen LogP contribution in [0.5, 0.6) is 5.75 Å². The highest BCUT2D eigenvalue weighted by Crippen LogP contribution is 2.31. The first-order valence-corrected chi connectivity index (χ1v) is 9.69. The molecule has 9 nitrogen and oxygen atoms in total. The number of para-hydroxylation sites is 2. The number of thiocarbonyl (C=S) groups is 1. The average molecular weight is 449 g/mol. The van der Waals surface area contributed by atoms with Gasteiger partial charge in [0.15, 0.2) is 5.11 Å². The second kappa shape index (κ2) is 8.44. The van der Waals surface area contributed by atoms with Gasteiger partial charge in [0.1, 0.15) is 22.8 Å². The van der Waals surface area contributed by atoms with Crippen molar-refractivity contribution in [1.29, 1.82) is 0 Å². The molecule has 0 spiro atoms. The van der Waals surface area contributed by atoms with Crippen molar-refractivity contribution in [2.24, 2.45) is 0 Å². The fourth-order valence-corrected chi connectivity index (χ4v) is 3.44. The Morgan fingerprint density at radius 2 is 1.81 bits per heavy atom. The number of carbonyl (C=O) groups is 2. The summed E-state index contributed by atoms with van der Waals surface area (Å²) >= 11 is 5.20. The highest BCUT2D eigenvalue weighted by molar-refractivity contribution is 7.80. The predicted molar refractivity (Wildman–Crippen MR) is 120 cm³/mol. The predicted octanol–water partition coefficient (Wildman–Crippen LogP) is 3.69. The zero-order valence-electron chi connectivity index (χ0n) is 16.6. The van der Waals surface area contributed by atoms with Crippen molar-refractivity contribution in [3.05, 3.63) is 82.1 Å². The minimum absolute atomic E-state index is 0.0421. The van der Waals surface area contributed by atoms with E-state index in [0.717, 1.165) is 0 Å². The number of furan rings is 1. The van der Waals surface area contributed by atoms with Crippen LogP contribution in [0.15, 0.2) is 70.7 Å². The molecule has 0 bridgehead atoms. The number of carbonyl (C=O) groups excluding carboxylic acids is 2. The second-order valence-corrected chi connectivity index (χ2v) is 7.02. The number of methoxy groups -OCH3 is 1. The highest BCUT2D eigenvalue weighted by atomic mass is 32.1. The van der Waals surface area contributed by atoms with Gasteiger partial charge in [-0.25, -0.2) is 4.90 Å². The molecule has 0 aliphatic carbocycles. The van der Waals surface area contributed by atoms with Gasteiger partial charge in [-0.2, -0.15) is 0 Å². The molecule has 1 saturated heterocycles. The average Bonchev–Trinajstić information content (AvgIpc) is 3.25. The van der Waals surface area contributed by atoms with Gasteiger partial charge >= 0.3 is 0 Å². The van der Waals surface area contributed by atoms with E-state index in [1.807, 2.05) is 0 Å². The largest absolute Gasteiger partial charge is 0.495 e. The van der Waals surface area contributed by atoms with Crippen LogP contribution in [0.25, 0.3) is 17.4 Å². The van der Waals surface area contributed by atoms with Crippen molar-refractivity contribution in [1.82, 2.24) is 5.32 Å². The Kier molecular flexibility index (Phi) is 5.52. The number of benzene rings is 2. The number of non-ortho nitro benzene ring substituents is 1. The number of anilines is 1. The summed E-state index contributed by atoms with van der Waals surface area (Å²) in [5.41, 5.74) is 0.784. The molecule has 2 heterocycles. The molecule has 32 heavy (non-hydrogen) atoms. The second-order valence-electron chi connectivity index (χ2n) is 6.64. The maximum absolute atomic E-state index is 13.1. The van der Waals surface area contributed by atoms with Gasteiger partial charge in [-0.15, -0.1) is 0 Å². The molecule has 3 aromatic rings. The zero-order chi connectivity index (χ0) is 22.8. The number of amides is 2. The first-order chi connectivity index (χ1) is 15.4. The third kappa shape index (κ3) is 3.86. The molecule has 4 rings (SSSR count). The fourth-order valence-electron chi connectivity index (χ4n) is 3.17. The number of nitro groups is 1. The molecular formula is C22H15N3O6S. The summed E-state index contributed by atoms with van der Waals surface area (Å²) in [5.74, 6) is -0.190. The van der Waals surface area contributed by atoms with E-state index in [9.17, 15) is 19.7 Å². The van der Waals surface area contributed by atoms with E-state index in [2.05, 4.69) is 5.32 Å². The molecule has 1 aliphatic heterocycles. The minimum Gasteiger partial charge on any atom is -0.495 e. The number of hydrogen-bond acceptors (Lipinski definition) is 7. The quantitative estimate of drug-likeness (QED) is 0.208. The maximum Gasteiger partial charge on any atom is 0.270 e. The van der Waals surface area contributed by atoms with E-state index in [-0.39, 0.29) is 22.1 Å². The SMILES string of the molecule is COc1ccccc1N1C(=O)/C(=C\c2ccc(-c3ccc([N+](=O)[O-])cc3)o2)C(=O)NC1=S. The Hall–Kier alpha value is -4.31. The van der Waals surface area contributed by atoms with Gasteiger partial charge in [0.25, 0.3) is 17.5 Å². The highest BCUT2D eigenvalue weighted by Gasteiger charge is 2.36. The summed E-state index contributed by atoms with van der Waals surface area (Å²) in [7, 11) is 1.47. The van der Waals surface area contributed by atoms with Crippen molar-refractivity contribution in [3.63, 3.8) is 0 Å². The Labute approximate surface area is 187 Å². The molecule has 0 unspecified atom stereocenters. The monoisotopic (exact) mass is 449 g/mol. The lowest BCUT2D eigenvalue weighted by molar-refractivity contribution is -0.384. The summed E-state index contributed by atoms with van der Waals surface area (Å²) in [5, 5.41) is 13.3. The molecule has 0 atom stereocenters. The first kappa shape index (κ1) is 20.9. The van der Waals surface area contributed by atoms with Gasteiger partial charge in [0.05, 0.1) is 17.7 Å². The lowest BCUT2D eigenvalue weighted by atomic mass is 10.1. The summed E-state index contributed by atoms with van der Waals surface area (Å²) in [6.07, 6.45) is 1.32. The third-order valence-electron chi connectivity index (χ3n) is 4.70. The molecule has 1 aliphatic rings. The van der Waals surface area contributed by atoms with Crippen LogP contribution >= 0.6 is 12.2 Å². The first-order valence-electron chi connectivity index (χ1n) is 9.28. The summed E-state index contributed by atoms with van der Waals surface area (Å²) in [4.78, 5) is 37.1. The number of nitro benzene ring substituents is 1. The lowest BCUT2D eigenvalue weighted by Crippen LogP contribution is -2.54. The topological polar surface area (TPSA) is 115 Å². The Balaban J connectivity index is 1.66. The molecular weight excluding hydrogens is 434 g/mol. The number of ether oxygens (including phenoxy) is 1. The Morgan fingerprint density at radius 1 is 1.09 bits per heavy atom. The number of hydrogen-bond donors (Lipinski definition) is 1. The van der Waals surface area contributed by atoms with E-state index < -0.39 is 16.7 Å². The van der Waals surface area contributed by atoms with E-state index in [1.54, 1.807) is 48.5 Å². The van der Waals surface area contributed by atoms with Crippen molar-refractivity contribution in [2.45, 2.75) is 0 Å². The molecule has 2 aromatic carbocycles. The summed E-state index contributed by atoms with van der Waals surface area (Å²) < 4.78 is 11.0. The number of rotatable bonds is 5. The summed E-state index contributed by atoms with van der Waals surface area (Å²) in [6.45, 7) is 0. The van der Waals surface area contributed by atoms with Crippen LogP contribution in [-0.2, 0) is 9.59 Å². The molecule has 1 fully saturated rings. The van der Waals surface area contributed by atoms with Gasteiger partial charge in [-0.3, -0.25) is 25.0 Å². The van der Waals surface area contributed by atoms with E-state index in [4.69, 9.17) is 21.4 Å². The molecule has 1 N–H and O–H groups in total. The molecule has 2 amide bonds. The fraction of sp³-hybridized carbons (Fsp3) is 0.0455. The minimum atomic E-state index is -0.653. The van der Waals surface area contributed by atoms with Crippen LogP contribution in [0.4, 0.5) is 11.4 Å². The molecule has 1 aromatic heterocycles. The molecule has 160 valence electrons. The van der Waals surface area contributed by atoms with E-state index in [0.29, 0.717) is 22.8 Å². The molecule has 0 radical (unpaired) electrons. The lowest BCUT2D eigenvalue weighted by Gasteiger charge is -2.29. The number of nitrogens with one attached hydrogen (secondary N) is 1.